The molecule has 0 fully saturated rings. The number of amides is 1. The number of halogens is 2. The zero-order valence-electron chi connectivity index (χ0n) is 10.3. The second-order valence-electron chi connectivity index (χ2n) is 4.57. The van der Waals surface area contributed by atoms with Crippen molar-refractivity contribution in [2.24, 2.45) is 5.92 Å². The van der Waals surface area contributed by atoms with E-state index in [4.69, 9.17) is 0 Å². The molecule has 1 aromatic rings. The molecule has 0 aromatic heterocycles. The second-order valence-corrected chi connectivity index (χ2v) is 6.40. The van der Waals surface area contributed by atoms with Gasteiger partial charge in [-0.3, -0.25) is 4.79 Å². The minimum Gasteiger partial charge on any atom is -0.342 e. The van der Waals surface area contributed by atoms with Crippen LogP contribution in [-0.4, -0.2) is 24.4 Å². The molecule has 0 radical (unpaired) electrons. The van der Waals surface area contributed by atoms with Gasteiger partial charge in [0.15, 0.2) is 0 Å². The second kappa shape index (κ2) is 6.55. The zero-order chi connectivity index (χ0) is 13.0. The SMILES string of the molecule is CC(C)CCN(C)C(=O)c1cc(Br)cc(Br)c1. The minimum atomic E-state index is 0.0626. The van der Waals surface area contributed by atoms with Crippen molar-refractivity contribution >= 4 is 37.8 Å². The van der Waals surface area contributed by atoms with Crippen LogP contribution < -0.4 is 0 Å². The lowest BCUT2D eigenvalue weighted by Crippen LogP contribution is -2.28. The highest BCUT2D eigenvalue weighted by molar-refractivity contribution is 9.11. The summed E-state index contributed by atoms with van der Waals surface area (Å²) >= 11 is 6.78. The molecule has 0 heterocycles. The molecule has 94 valence electrons. The van der Waals surface area contributed by atoms with Crippen molar-refractivity contribution in [3.8, 4) is 0 Å². The minimum absolute atomic E-state index is 0.0626. The van der Waals surface area contributed by atoms with E-state index in [1.54, 1.807) is 4.90 Å². The quantitative estimate of drug-likeness (QED) is 0.780. The van der Waals surface area contributed by atoms with Crippen LogP contribution in [0.15, 0.2) is 27.1 Å². The van der Waals surface area contributed by atoms with E-state index < -0.39 is 0 Å². The van der Waals surface area contributed by atoms with Crippen LogP contribution in [0, 0.1) is 5.92 Å². The lowest BCUT2D eigenvalue weighted by Gasteiger charge is -2.18. The van der Waals surface area contributed by atoms with Crippen molar-refractivity contribution in [3.63, 3.8) is 0 Å². The Morgan fingerprint density at radius 1 is 1.24 bits per heavy atom. The predicted octanol–water partition coefficient (Wildman–Crippen LogP) is 4.33. The van der Waals surface area contributed by atoms with E-state index in [0.29, 0.717) is 11.5 Å². The first-order valence-corrected chi connectivity index (χ1v) is 7.20. The molecule has 0 saturated heterocycles. The molecular formula is C13H17Br2NO. The molecular weight excluding hydrogens is 346 g/mol. The molecule has 4 heteroatoms. The fourth-order valence-corrected chi connectivity index (χ4v) is 2.74. The van der Waals surface area contributed by atoms with E-state index in [-0.39, 0.29) is 5.91 Å². The maximum Gasteiger partial charge on any atom is 0.253 e. The Kier molecular flexibility index (Phi) is 5.67. The number of nitrogens with zero attached hydrogens (tertiary/aromatic N) is 1. The third-order valence-electron chi connectivity index (χ3n) is 2.50. The van der Waals surface area contributed by atoms with Crippen LogP contribution in [0.4, 0.5) is 0 Å². The third kappa shape index (κ3) is 4.80. The predicted molar refractivity (Wildman–Crippen MR) is 78.3 cm³/mol. The van der Waals surface area contributed by atoms with E-state index in [9.17, 15) is 4.79 Å². The van der Waals surface area contributed by atoms with Crippen LogP contribution in [0.25, 0.3) is 0 Å². The number of hydrogen-bond donors (Lipinski definition) is 0. The van der Waals surface area contributed by atoms with Crippen LogP contribution >= 0.6 is 31.9 Å². The summed E-state index contributed by atoms with van der Waals surface area (Å²) < 4.78 is 1.82. The van der Waals surface area contributed by atoms with Gasteiger partial charge in [-0.2, -0.15) is 0 Å². The Morgan fingerprint density at radius 2 is 1.76 bits per heavy atom. The summed E-state index contributed by atoms with van der Waals surface area (Å²) in [7, 11) is 1.85. The maximum atomic E-state index is 12.1. The first-order chi connectivity index (χ1) is 7.90. The summed E-state index contributed by atoms with van der Waals surface area (Å²) in [6, 6.07) is 5.61. The van der Waals surface area contributed by atoms with Gasteiger partial charge in [-0.15, -0.1) is 0 Å². The highest BCUT2D eigenvalue weighted by Gasteiger charge is 2.13. The molecule has 1 amide bonds. The van der Waals surface area contributed by atoms with E-state index in [0.717, 1.165) is 21.9 Å². The summed E-state index contributed by atoms with van der Waals surface area (Å²) in [4.78, 5) is 13.9. The molecule has 0 bridgehead atoms. The van der Waals surface area contributed by atoms with Gasteiger partial charge in [-0.25, -0.2) is 0 Å². The lowest BCUT2D eigenvalue weighted by atomic mass is 10.1. The molecule has 0 aliphatic carbocycles. The van der Waals surface area contributed by atoms with Crippen LogP contribution in [0.5, 0.6) is 0 Å². The van der Waals surface area contributed by atoms with Crippen LogP contribution in [0.1, 0.15) is 30.6 Å². The Balaban J connectivity index is 2.74. The largest absolute Gasteiger partial charge is 0.342 e. The van der Waals surface area contributed by atoms with Crippen molar-refractivity contribution in [2.45, 2.75) is 20.3 Å². The molecule has 0 N–H and O–H groups in total. The average Bonchev–Trinajstić information content (AvgIpc) is 2.23. The van der Waals surface area contributed by atoms with E-state index in [1.165, 1.54) is 0 Å². The molecule has 0 atom stereocenters. The van der Waals surface area contributed by atoms with Gasteiger partial charge in [-0.1, -0.05) is 45.7 Å². The van der Waals surface area contributed by atoms with E-state index >= 15 is 0 Å². The van der Waals surface area contributed by atoms with Gasteiger partial charge in [-0.05, 0) is 30.5 Å². The van der Waals surface area contributed by atoms with Crippen molar-refractivity contribution in [1.82, 2.24) is 4.90 Å². The average molecular weight is 363 g/mol. The van der Waals surface area contributed by atoms with Gasteiger partial charge in [0.05, 0.1) is 0 Å². The highest BCUT2D eigenvalue weighted by Crippen LogP contribution is 2.21. The molecule has 1 aromatic carbocycles. The topological polar surface area (TPSA) is 20.3 Å². The standard InChI is InChI=1S/C13H17Br2NO/c1-9(2)4-5-16(3)13(17)10-6-11(14)8-12(15)7-10/h6-9H,4-5H2,1-3H3. The van der Waals surface area contributed by atoms with Gasteiger partial charge in [0.1, 0.15) is 0 Å². The van der Waals surface area contributed by atoms with Gasteiger partial charge >= 0.3 is 0 Å². The zero-order valence-corrected chi connectivity index (χ0v) is 13.5. The summed E-state index contributed by atoms with van der Waals surface area (Å²) in [6.45, 7) is 5.11. The van der Waals surface area contributed by atoms with Crippen LogP contribution in [-0.2, 0) is 0 Å². The maximum absolute atomic E-state index is 12.1. The number of rotatable bonds is 4. The monoisotopic (exact) mass is 361 g/mol. The van der Waals surface area contributed by atoms with Gasteiger partial charge < -0.3 is 4.90 Å². The van der Waals surface area contributed by atoms with Crippen molar-refractivity contribution < 1.29 is 4.79 Å². The molecule has 2 nitrogen and oxygen atoms in total. The molecule has 0 aliphatic rings. The smallest absolute Gasteiger partial charge is 0.253 e. The molecule has 0 unspecified atom stereocenters. The van der Waals surface area contributed by atoms with E-state index in [1.807, 2.05) is 25.2 Å². The molecule has 0 saturated carbocycles. The third-order valence-corrected chi connectivity index (χ3v) is 3.41. The summed E-state index contributed by atoms with van der Waals surface area (Å²) in [5, 5.41) is 0. The molecule has 0 spiro atoms. The summed E-state index contributed by atoms with van der Waals surface area (Å²) in [6.07, 6.45) is 1.03. The number of carbonyl (C=O) groups excluding carboxylic acids is 1. The first kappa shape index (κ1) is 14.7. The summed E-state index contributed by atoms with van der Waals surface area (Å²) in [5.74, 6) is 0.673. The summed E-state index contributed by atoms with van der Waals surface area (Å²) in [5.41, 5.74) is 0.706. The van der Waals surface area contributed by atoms with E-state index in [2.05, 4.69) is 45.7 Å². The van der Waals surface area contributed by atoms with Gasteiger partial charge in [0.25, 0.3) is 5.91 Å². The first-order valence-electron chi connectivity index (χ1n) is 5.61. The fraction of sp³-hybridized carbons (Fsp3) is 0.462. The number of benzene rings is 1. The Bertz CT molecular complexity index is 384. The molecule has 1 rings (SSSR count). The Morgan fingerprint density at radius 3 is 2.24 bits per heavy atom. The van der Waals surface area contributed by atoms with Gasteiger partial charge in [0.2, 0.25) is 0 Å². The van der Waals surface area contributed by atoms with Crippen molar-refractivity contribution in [2.75, 3.05) is 13.6 Å². The molecule has 17 heavy (non-hydrogen) atoms. The van der Waals surface area contributed by atoms with Crippen molar-refractivity contribution in [3.05, 3.63) is 32.7 Å². The van der Waals surface area contributed by atoms with Gasteiger partial charge in [0, 0.05) is 28.1 Å². The Hall–Kier alpha value is -0.350. The normalized spacial score (nSPS) is 10.7. The number of carbonyl (C=O) groups is 1. The van der Waals surface area contributed by atoms with Crippen LogP contribution in [0.3, 0.4) is 0 Å². The number of hydrogen-bond acceptors (Lipinski definition) is 1. The van der Waals surface area contributed by atoms with Crippen molar-refractivity contribution in [1.29, 1.82) is 0 Å². The molecule has 0 aliphatic heterocycles. The fourth-order valence-electron chi connectivity index (χ4n) is 1.45. The Labute approximate surface area is 120 Å². The van der Waals surface area contributed by atoms with Crippen LogP contribution in [0.2, 0.25) is 0 Å². The highest BCUT2D eigenvalue weighted by atomic mass is 79.9. The lowest BCUT2D eigenvalue weighted by molar-refractivity contribution is 0.0789.